The second-order valence-corrected chi connectivity index (χ2v) is 5.69. The number of fused-ring (bicyclic) bond motifs is 1. The summed E-state index contributed by atoms with van der Waals surface area (Å²) in [4.78, 5) is 22.4. The van der Waals surface area contributed by atoms with Crippen LogP contribution in [0, 0.1) is 10.1 Å². The fourth-order valence-corrected chi connectivity index (χ4v) is 2.57. The highest BCUT2D eigenvalue weighted by atomic mass is 79.9. The number of halogens is 1. The van der Waals surface area contributed by atoms with Gasteiger partial charge in [-0.05, 0) is 40.2 Å². The first-order valence-electron chi connectivity index (χ1n) is 6.85. The van der Waals surface area contributed by atoms with Crippen LogP contribution in [0.25, 0.3) is 0 Å². The van der Waals surface area contributed by atoms with Gasteiger partial charge in [-0.1, -0.05) is 0 Å². The number of nitrogens with one attached hydrogen (secondary N) is 1. The summed E-state index contributed by atoms with van der Waals surface area (Å²) in [6.45, 7) is 0.151. The zero-order valence-corrected chi connectivity index (χ0v) is 13.8. The number of ether oxygens (including phenoxy) is 2. The van der Waals surface area contributed by atoms with E-state index in [4.69, 9.17) is 9.47 Å². The second kappa shape index (κ2) is 6.71. The molecule has 24 heavy (non-hydrogen) atoms. The monoisotopic (exact) mass is 390 g/mol. The van der Waals surface area contributed by atoms with Gasteiger partial charge < -0.3 is 14.8 Å². The Morgan fingerprint density at radius 1 is 1.21 bits per heavy atom. The molecule has 2 aromatic rings. The summed E-state index contributed by atoms with van der Waals surface area (Å²) >= 11 is 3.25. The van der Waals surface area contributed by atoms with Crippen molar-refractivity contribution in [3.05, 3.63) is 68.8 Å². The van der Waals surface area contributed by atoms with Crippen molar-refractivity contribution in [1.82, 2.24) is 0 Å². The zero-order valence-electron chi connectivity index (χ0n) is 12.2. The van der Waals surface area contributed by atoms with Gasteiger partial charge in [0.1, 0.15) is 0 Å². The molecule has 3 rings (SSSR count). The fraction of sp³-hybridized carbons (Fsp3) is 0.0625. The quantitative estimate of drug-likeness (QED) is 0.360. The Hall–Kier alpha value is -2.87. The molecule has 1 aliphatic rings. The van der Waals surface area contributed by atoms with Gasteiger partial charge in [0.2, 0.25) is 6.79 Å². The van der Waals surface area contributed by atoms with Gasteiger partial charge in [0.05, 0.1) is 10.6 Å². The average molecular weight is 391 g/mol. The molecule has 2 aromatic carbocycles. The van der Waals surface area contributed by atoms with Crippen molar-refractivity contribution in [1.29, 1.82) is 0 Å². The first kappa shape index (κ1) is 16.0. The van der Waals surface area contributed by atoms with E-state index in [2.05, 4.69) is 21.2 Å². The van der Waals surface area contributed by atoms with Gasteiger partial charge in [-0.15, -0.1) is 0 Å². The highest BCUT2D eigenvalue weighted by Gasteiger charge is 2.15. The lowest BCUT2D eigenvalue weighted by Gasteiger charge is -2.03. The van der Waals surface area contributed by atoms with Crippen molar-refractivity contribution >= 4 is 33.1 Å². The van der Waals surface area contributed by atoms with E-state index in [1.165, 1.54) is 24.4 Å². The predicted octanol–water partition coefficient (Wildman–Crippen LogP) is 3.89. The Labute approximate surface area is 145 Å². The van der Waals surface area contributed by atoms with Crippen LogP contribution in [0.1, 0.15) is 10.4 Å². The number of allylic oxidation sites excluding steroid dienone is 1. The molecule has 8 heteroatoms. The second-order valence-electron chi connectivity index (χ2n) is 4.83. The molecule has 0 fully saturated rings. The summed E-state index contributed by atoms with van der Waals surface area (Å²) < 4.78 is 11.0. The largest absolute Gasteiger partial charge is 0.454 e. The van der Waals surface area contributed by atoms with Crippen molar-refractivity contribution in [3.8, 4) is 11.5 Å². The standard InChI is InChI=1S/C16H11BrN2O5/c17-12-8-11(19(21)22)2-3-13(12)18-6-5-14(20)10-1-4-15-16(7-10)24-9-23-15/h1-8,18H,9H2. The van der Waals surface area contributed by atoms with E-state index < -0.39 is 4.92 Å². The van der Waals surface area contributed by atoms with Gasteiger partial charge in [0.15, 0.2) is 17.3 Å². The molecule has 0 amide bonds. The van der Waals surface area contributed by atoms with Crippen molar-refractivity contribution in [3.63, 3.8) is 0 Å². The maximum Gasteiger partial charge on any atom is 0.270 e. The Balaban J connectivity index is 1.68. The van der Waals surface area contributed by atoms with E-state index >= 15 is 0 Å². The van der Waals surface area contributed by atoms with Gasteiger partial charge in [0.25, 0.3) is 5.69 Å². The third-order valence-electron chi connectivity index (χ3n) is 3.29. The molecule has 0 saturated heterocycles. The number of anilines is 1. The zero-order chi connectivity index (χ0) is 17.1. The molecule has 1 heterocycles. The van der Waals surface area contributed by atoms with Crippen molar-refractivity contribution < 1.29 is 19.2 Å². The number of hydrogen-bond acceptors (Lipinski definition) is 6. The average Bonchev–Trinajstić information content (AvgIpc) is 3.03. The summed E-state index contributed by atoms with van der Waals surface area (Å²) in [5.74, 6) is 0.947. The van der Waals surface area contributed by atoms with Crippen LogP contribution >= 0.6 is 15.9 Å². The Kier molecular flexibility index (Phi) is 4.48. The Morgan fingerprint density at radius 3 is 2.75 bits per heavy atom. The molecule has 0 bridgehead atoms. The SMILES string of the molecule is O=C(C=CNc1ccc([N+](=O)[O-])cc1Br)c1ccc2c(c1)OCO2. The smallest absolute Gasteiger partial charge is 0.270 e. The molecule has 0 unspecified atom stereocenters. The molecule has 1 N–H and O–H groups in total. The molecule has 122 valence electrons. The normalized spacial score (nSPS) is 12.4. The number of non-ortho nitro benzene ring substituents is 1. The third kappa shape index (κ3) is 3.38. The fourth-order valence-electron chi connectivity index (χ4n) is 2.09. The van der Waals surface area contributed by atoms with Crippen LogP contribution in [0.15, 0.2) is 53.1 Å². The third-order valence-corrected chi connectivity index (χ3v) is 3.95. The van der Waals surface area contributed by atoms with E-state index in [1.807, 2.05) is 0 Å². The van der Waals surface area contributed by atoms with Gasteiger partial charge >= 0.3 is 0 Å². The molecule has 7 nitrogen and oxygen atoms in total. The highest BCUT2D eigenvalue weighted by molar-refractivity contribution is 9.10. The first-order valence-corrected chi connectivity index (χ1v) is 7.65. The Bertz CT molecular complexity index is 850. The molecule has 1 aliphatic heterocycles. The number of ketones is 1. The van der Waals surface area contributed by atoms with Crippen LogP contribution in [-0.4, -0.2) is 17.5 Å². The number of carbonyl (C=O) groups excluding carboxylic acids is 1. The van der Waals surface area contributed by atoms with E-state index in [0.717, 1.165) is 0 Å². The van der Waals surface area contributed by atoms with Crippen LogP contribution in [-0.2, 0) is 0 Å². The molecular weight excluding hydrogens is 380 g/mol. The number of carbonyl (C=O) groups is 1. The van der Waals surface area contributed by atoms with Crippen LogP contribution in [0.4, 0.5) is 11.4 Å². The first-order chi connectivity index (χ1) is 11.5. The van der Waals surface area contributed by atoms with Gasteiger partial charge in [-0.2, -0.15) is 0 Å². The van der Waals surface area contributed by atoms with Crippen molar-refractivity contribution in [2.45, 2.75) is 0 Å². The van der Waals surface area contributed by atoms with Crippen LogP contribution in [0.2, 0.25) is 0 Å². The van der Waals surface area contributed by atoms with E-state index in [0.29, 0.717) is 27.2 Å². The summed E-state index contributed by atoms with van der Waals surface area (Å²) in [6, 6.07) is 9.27. The summed E-state index contributed by atoms with van der Waals surface area (Å²) in [5, 5.41) is 13.6. The van der Waals surface area contributed by atoms with Crippen molar-refractivity contribution in [2.75, 3.05) is 12.1 Å². The molecule has 0 aliphatic carbocycles. The molecule has 0 spiro atoms. The molecule has 0 radical (unpaired) electrons. The van der Waals surface area contributed by atoms with E-state index in [-0.39, 0.29) is 18.3 Å². The number of rotatable bonds is 5. The van der Waals surface area contributed by atoms with Crippen LogP contribution < -0.4 is 14.8 Å². The summed E-state index contributed by atoms with van der Waals surface area (Å²) in [6.07, 6.45) is 2.84. The van der Waals surface area contributed by atoms with E-state index in [9.17, 15) is 14.9 Å². The maximum atomic E-state index is 12.1. The minimum absolute atomic E-state index is 0.0205. The molecular formula is C16H11BrN2O5. The predicted molar refractivity (Wildman–Crippen MR) is 90.5 cm³/mol. The van der Waals surface area contributed by atoms with Crippen LogP contribution in [0.3, 0.4) is 0 Å². The van der Waals surface area contributed by atoms with E-state index in [1.54, 1.807) is 24.3 Å². The molecule has 0 saturated carbocycles. The lowest BCUT2D eigenvalue weighted by molar-refractivity contribution is -0.384. The maximum absolute atomic E-state index is 12.1. The summed E-state index contributed by atoms with van der Waals surface area (Å²) in [5.41, 5.74) is 1.06. The number of benzene rings is 2. The molecule has 0 atom stereocenters. The lowest BCUT2D eigenvalue weighted by Crippen LogP contribution is -1.97. The highest BCUT2D eigenvalue weighted by Crippen LogP contribution is 2.32. The lowest BCUT2D eigenvalue weighted by atomic mass is 10.1. The minimum atomic E-state index is -0.479. The van der Waals surface area contributed by atoms with Crippen molar-refractivity contribution in [2.24, 2.45) is 0 Å². The number of hydrogen-bond donors (Lipinski definition) is 1. The van der Waals surface area contributed by atoms with Gasteiger partial charge in [0, 0.05) is 34.4 Å². The number of nitrogens with zero attached hydrogens (tertiary/aromatic N) is 1. The number of nitro benzene ring substituents is 1. The van der Waals surface area contributed by atoms with Gasteiger partial charge in [-0.3, -0.25) is 14.9 Å². The Morgan fingerprint density at radius 2 is 2.00 bits per heavy atom. The van der Waals surface area contributed by atoms with Crippen LogP contribution in [0.5, 0.6) is 11.5 Å². The topological polar surface area (TPSA) is 90.7 Å². The summed E-state index contributed by atoms with van der Waals surface area (Å²) in [7, 11) is 0. The minimum Gasteiger partial charge on any atom is -0.454 e. The van der Waals surface area contributed by atoms with Gasteiger partial charge in [-0.25, -0.2) is 0 Å². The number of nitro groups is 1. The molecule has 0 aromatic heterocycles.